The second-order valence-corrected chi connectivity index (χ2v) is 2.60. The lowest BCUT2D eigenvalue weighted by Crippen LogP contribution is -2.36. The lowest BCUT2D eigenvalue weighted by atomic mass is 10.4. The van der Waals surface area contributed by atoms with E-state index in [2.05, 4.69) is 15.9 Å². The van der Waals surface area contributed by atoms with Crippen molar-refractivity contribution < 1.29 is 4.79 Å². The minimum absolute atomic E-state index is 0.177. The van der Waals surface area contributed by atoms with Crippen LogP contribution in [-0.4, -0.2) is 37.7 Å². The van der Waals surface area contributed by atoms with Crippen LogP contribution in [0.1, 0.15) is 13.3 Å². The first kappa shape index (κ1) is 11.7. The zero-order valence-corrected chi connectivity index (χ0v) is 8.04. The van der Waals surface area contributed by atoms with Crippen LogP contribution in [0.15, 0.2) is 5.29 Å². The second kappa shape index (κ2) is 7.33. The molecule has 13 heavy (non-hydrogen) atoms. The summed E-state index contributed by atoms with van der Waals surface area (Å²) >= 11 is 0. The van der Waals surface area contributed by atoms with Crippen LogP contribution in [-0.2, 0) is 0 Å². The highest BCUT2D eigenvalue weighted by Crippen LogP contribution is 1.85. The van der Waals surface area contributed by atoms with Gasteiger partial charge in [0.25, 0.3) is 0 Å². The maximum Gasteiger partial charge on any atom is 0.314 e. The van der Waals surface area contributed by atoms with Gasteiger partial charge in [-0.05, 0) is 13.3 Å². The van der Waals surface area contributed by atoms with Crippen molar-refractivity contribution in [2.24, 2.45) is 5.29 Å². The molecule has 6 heteroatoms. The van der Waals surface area contributed by atoms with Crippen molar-refractivity contribution in [2.75, 3.05) is 26.7 Å². The van der Waals surface area contributed by atoms with Crippen molar-refractivity contribution in [1.82, 2.24) is 15.6 Å². The Morgan fingerprint density at radius 1 is 1.46 bits per heavy atom. The van der Waals surface area contributed by atoms with Gasteiger partial charge in [-0.15, -0.1) is 4.91 Å². The van der Waals surface area contributed by atoms with Gasteiger partial charge >= 0.3 is 6.03 Å². The number of rotatable bonds is 6. The number of urea groups is 1. The molecule has 0 atom stereocenters. The van der Waals surface area contributed by atoms with Crippen LogP contribution in [0.25, 0.3) is 0 Å². The number of hydrogen-bond donors (Lipinski definition) is 2. The van der Waals surface area contributed by atoms with Crippen LogP contribution in [0.3, 0.4) is 0 Å². The molecular formula is C7H16N4O2. The molecule has 0 fully saturated rings. The Balaban J connectivity index is 3.25. The molecule has 0 aliphatic heterocycles. The summed E-state index contributed by atoms with van der Waals surface area (Å²) < 4.78 is 0. The lowest BCUT2D eigenvalue weighted by Gasteiger charge is -2.08. The Hall–Kier alpha value is -1.33. The summed E-state index contributed by atoms with van der Waals surface area (Å²) in [5, 5.41) is 9.23. The first-order valence-electron chi connectivity index (χ1n) is 4.26. The predicted octanol–water partition coefficient (Wildman–Crippen LogP) is 0.309. The van der Waals surface area contributed by atoms with Crippen LogP contribution < -0.4 is 10.6 Å². The third kappa shape index (κ3) is 7.04. The molecule has 0 saturated carbocycles. The summed E-state index contributed by atoms with van der Waals surface area (Å²) in [6, 6.07) is -0.177. The van der Waals surface area contributed by atoms with E-state index < -0.39 is 0 Å². The zero-order chi connectivity index (χ0) is 10.1. The van der Waals surface area contributed by atoms with Gasteiger partial charge in [-0.1, -0.05) is 0 Å². The number of nitrogens with one attached hydrogen (secondary N) is 2. The largest absolute Gasteiger partial charge is 0.338 e. The van der Waals surface area contributed by atoms with E-state index >= 15 is 0 Å². The molecular weight excluding hydrogens is 172 g/mol. The van der Waals surface area contributed by atoms with E-state index in [-0.39, 0.29) is 6.03 Å². The highest BCUT2D eigenvalue weighted by atomic mass is 16.3. The Morgan fingerprint density at radius 3 is 2.69 bits per heavy atom. The van der Waals surface area contributed by atoms with Gasteiger partial charge in [-0.25, -0.2) is 4.79 Å². The number of hydrogen-bond acceptors (Lipinski definition) is 3. The lowest BCUT2D eigenvalue weighted by molar-refractivity contribution is 0.240. The quantitative estimate of drug-likeness (QED) is 0.358. The van der Waals surface area contributed by atoms with Crippen LogP contribution >= 0.6 is 0 Å². The van der Waals surface area contributed by atoms with E-state index in [1.165, 1.54) is 5.01 Å². The molecule has 2 N–H and O–H groups in total. The molecule has 0 unspecified atom stereocenters. The Kier molecular flexibility index (Phi) is 6.58. The summed E-state index contributed by atoms with van der Waals surface area (Å²) in [4.78, 5) is 20.7. The molecule has 0 rings (SSSR count). The summed E-state index contributed by atoms with van der Waals surface area (Å²) in [6.07, 6.45) is 0.708. The van der Waals surface area contributed by atoms with E-state index in [4.69, 9.17) is 0 Å². The standard InChI is InChI=1S/C7H16N4O2/c1-3-8-7(12)9-5-4-6-11(2)10-13/h3-6H2,1-2H3,(H2,8,9,12). The third-order valence-electron chi connectivity index (χ3n) is 1.42. The normalized spacial score (nSPS) is 9.08. The van der Waals surface area contributed by atoms with Gasteiger partial charge in [0, 0.05) is 26.7 Å². The molecule has 0 bridgehead atoms. The third-order valence-corrected chi connectivity index (χ3v) is 1.42. The topological polar surface area (TPSA) is 73.8 Å². The molecule has 6 nitrogen and oxygen atoms in total. The number of amides is 2. The molecule has 0 saturated heterocycles. The van der Waals surface area contributed by atoms with Gasteiger partial charge in [0.05, 0.1) is 5.29 Å². The number of carbonyl (C=O) groups is 1. The van der Waals surface area contributed by atoms with Crippen molar-refractivity contribution >= 4 is 6.03 Å². The SMILES string of the molecule is CCNC(=O)NCCCN(C)N=O. The monoisotopic (exact) mass is 188 g/mol. The van der Waals surface area contributed by atoms with Gasteiger partial charge in [0.15, 0.2) is 0 Å². The van der Waals surface area contributed by atoms with E-state index in [1.807, 2.05) is 6.92 Å². The summed E-state index contributed by atoms with van der Waals surface area (Å²) in [5.41, 5.74) is 0. The highest BCUT2D eigenvalue weighted by molar-refractivity contribution is 5.73. The van der Waals surface area contributed by atoms with Gasteiger partial charge in [-0.2, -0.15) is 0 Å². The molecule has 0 spiro atoms. The van der Waals surface area contributed by atoms with Crippen molar-refractivity contribution in [1.29, 1.82) is 0 Å². The zero-order valence-electron chi connectivity index (χ0n) is 8.04. The Morgan fingerprint density at radius 2 is 2.15 bits per heavy atom. The van der Waals surface area contributed by atoms with E-state index in [0.717, 1.165) is 0 Å². The smallest absolute Gasteiger partial charge is 0.314 e. The van der Waals surface area contributed by atoms with Crippen LogP contribution in [0, 0.1) is 4.91 Å². The highest BCUT2D eigenvalue weighted by Gasteiger charge is 1.97. The fraction of sp³-hybridized carbons (Fsp3) is 0.857. The molecule has 2 amide bonds. The minimum atomic E-state index is -0.177. The Bertz CT molecular complexity index is 163. The fourth-order valence-corrected chi connectivity index (χ4v) is 0.774. The number of carbonyl (C=O) groups excluding carboxylic acids is 1. The van der Waals surface area contributed by atoms with Crippen LogP contribution in [0.2, 0.25) is 0 Å². The minimum Gasteiger partial charge on any atom is -0.338 e. The van der Waals surface area contributed by atoms with E-state index in [0.29, 0.717) is 26.1 Å². The van der Waals surface area contributed by atoms with Crippen molar-refractivity contribution in [3.05, 3.63) is 4.91 Å². The molecule has 0 aromatic heterocycles. The molecule has 0 aliphatic rings. The van der Waals surface area contributed by atoms with Gasteiger partial charge in [0.2, 0.25) is 0 Å². The first-order chi connectivity index (χ1) is 6.20. The van der Waals surface area contributed by atoms with Crippen molar-refractivity contribution in [3.63, 3.8) is 0 Å². The summed E-state index contributed by atoms with van der Waals surface area (Å²) in [6.45, 7) is 3.56. The van der Waals surface area contributed by atoms with E-state index in [9.17, 15) is 9.70 Å². The summed E-state index contributed by atoms with van der Waals surface area (Å²) in [7, 11) is 1.60. The molecule has 0 radical (unpaired) electrons. The Labute approximate surface area is 77.6 Å². The van der Waals surface area contributed by atoms with Crippen molar-refractivity contribution in [3.8, 4) is 0 Å². The maximum atomic E-state index is 10.8. The predicted molar refractivity (Wildman–Crippen MR) is 50.1 cm³/mol. The maximum absolute atomic E-state index is 10.8. The summed E-state index contributed by atoms with van der Waals surface area (Å²) in [5.74, 6) is 0. The average Bonchev–Trinajstić information content (AvgIpc) is 2.12. The van der Waals surface area contributed by atoms with E-state index in [1.54, 1.807) is 7.05 Å². The molecule has 0 aromatic rings. The number of nitrogens with zero attached hydrogens (tertiary/aromatic N) is 2. The first-order valence-corrected chi connectivity index (χ1v) is 4.26. The average molecular weight is 188 g/mol. The molecule has 0 heterocycles. The fourth-order valence-electron chi connectivity index (χ4n) is 0.774. The number of nitroso groups, excluding NO2 is 1. The van der Waals surface area contributed by atoms with Crippen LogP contribution in [0.5, 0.6) is 0 Å². The van der Waals surface area contributed by atoms with Gasteiger partial charge in [0.1, 0.15) is 0 Å². The van der Waals surface area contributed by atoms with Gasteiger partial charge in [-0.3, -0.25) is 5.01 Å². The second-order valence-electron chi connectivity index (χ2n) is 2.60. The molecule has 0 aromatic carbocycles. The van der Waals surface area contributed by atoms with Crippen molar-refractivity contribution in [2.45, 2.75) is 13.3 Å². The van der Waals surface area contributed by atoms with Crippen LogP contribution in [0.4, 0.5) is 4.79 Å². The molecule has 0 aliphatic carbocycles. The van der Waals surface area contributed by atoms with Gasteiger partial charge < -0.3 is 10.6 Å². The molecule has 76 valence electrons.